The second kappa shape index (κ2) is 11.9. The molecule has 1 atom stereocenters. The lowest BCUT2D eigenvalue weighted by molar-refractivity contribution is 0.0374. The molecule has 1 fully saturated rings. The van der Waals surface area contributed by atoms with E-state index in [1.54, 1.807) is 0 Å². The summed E-state index contributed by atoms with van der Waals surface area (Å²) < 4.78 is 5.40. The molecule has 0 spiro atoms. The van der Waals surface area contributed by atoms with Crippen LogP contribution in [0.15, 0.2) is 17.4 Å². The van der Waals surface area contributed by atoms with Crippen LogP contribution < -0.4 is 5.32 Å². The van der Waals surface area contributed by atoms with Crippen molar-refractivity contribution in [3.05, 3.63) is 17.4 Å². The standard InChI is InChI=1S/C20H38N2O/c1-5-7-10-20(6-2,11-9-19(3)4)18-21-12-8-13-22-14-16-23-17-15-22/h11,21H,5-8,10,12-18H2,1-4H3/t20-/m1/s1. The summed E-state index contributed by atoms with van der Waals surface area (Å²) in [6.45, 7) is 16.2. The van der Waals surface area contributed by atoms with Crippen LogP contribution in [0.25, 0.3) is 0 Å². The summed E-state index contributed by atoms with van der Waals surface area (Å²) in [5.74, 6) is 0. The van der Waals surface area contributed by atoms with Crippen LogP contribution >= 0.6 is 0 Å². The highest BCUT2D eigenvalue weighted by Crippen LogP contribution is 2.29. The van der Waals surface area contributed by atoms with Crippen molar-refractivity contribution in [3.8, 4) is 0 Å². The smallest absolute Gasteiger partial charge is 0.0594 e. The molecule has 3 nitrogen and oxygen atoms in total. The average Bonchev–Trinajstić information content (AvgIpc) is 2.57. The first-order chi connectivity index (χ1) is 11.1. The molecule has 0 aromatic carbocycles. The van der Waals surface area contributed by atoms with Crippen molar-refractivity contribution in [2.24, 2.45) is 5.41 Å². The zero-order chi connectivity index (χ0) is 17.0. The number of unbranched alkanes of at least 4 members (excludes halogenated alkanes) is 1. The predicted octanol–water partition coefficient (Wildman–Crippen LogP) is 4.01. The number of ether oxygens (including phenoxy) is 1. The van der Waals surface area contributed by atoms with Crippen molar-refractivity contribution in [2.75, 3.05) is 45.9 Å². The largest absolute Gasteiger partial charge is 0.379 e. The highest BCUT2D eigenvalue weighted by Gasteiger charge is 2.24. The molecule has 1 aliphatic heterocycles. The van der Waals surface area contributed by atoms with E-state index in [4.69, 9.17) is 4.74 Å². The SMILES string of the molecule is CCCC[C@@](C=C=C(C)C)(CC)CNCCCN1CCOCC1. The van der Waals surface area contributed by atoms with Crippen LogP contribution in [-0.4, -0.2) is 50.8 Å². The molecule has 1 saturated heterocycles. The summed E-state index contributed by atoms with van der Waals surface area (Å²) >= 11 is 0. The maximum absolute atomic E-state index is 5.40. The molecule has 0 aromatic heterocycles. The van der Waals surface area contributed by atoms with E-state index in [9.17, 15) is 0 Å². The Morgan fingerprint density at radius 2 is 1.96 bits per heavy atom. The molecular formula is C20H38N2O. The first-order valence-corrected chi connectivity index (χ1v) is 9.54. The Hall–Kier alpha value is -0.600. The summed E-state index contributed by atoms with van der Waals surface area (Å²) in [6.07, 6.45) is 8.57. The van der Waals surface area contributed by atoms with Crippen LogP contribution in [0.4, 0.5) is 0 Å². The van der Waals surface area contributed by atoms with Gasteiger partial charge in [0.25, 0.3) is 0 Å². The zero-order valence-electron chi connectivity index (χ0n) is 15.9. The lowest BCUT2D eigenvalue weighted by Gasteiger charge is -2.30. The Morgan fingerprint density at radius 3 is 2.57 bits per heavy atom. The maximum Gasteiger partial charge on any atom is 0.0594 e. The number of nitrogens with one attached hydrogen (secondary N) is 1. The fourth-order valence-electron chi connectivity index (χ4n) is 3.03. The average molecular weight is 323 g/mol. The van der Waals surface area contributed by atoms with Gasteiger partial charge in [-0.05, 0) is 57.8 Å². The highest BCUT2D eigenvalue weighted by atomic mass is 16.5. The minimum Gasteiger partial charge on any atom is -0.379 e. The van der Waals surface area contributed by atoms with Crippen LogP contribution in [0.5, 0.6) is 0 Å². The normalized spacial score (nSPS) is 18.3. The molecule has 1 heterocycles. The Balaban J connectivity index is 2.38. The molecule has 0 radical (unpaired) electrons. The van der Waals surface area contributed by atoms with Gasteiger partial charge in [0.15, 0.2) is 0 Å². The molecule has 1 N–H and O–H groups in total. The van der Waals surface area contributed by atoms with Crippen LogP contribution in [0.1, 0.15) is 59.8 Å². The molecular weight excluding hydrogens is 284 g/mol. The van der Waals surface area contributed by atoms with E-state index in [2.05, 4.69) is 49.7 Å². The third kappa shape index (κ3) is 8.72. The summed E-state index contributed by atoms with van der Waals surface area (Å²) in [5, 5.41) is 3.71. The van der Waals surface area contributed by atoms with E-state index in [1.807, 2.05) is 0 Å². The van der Waals surface area contributed by atoms with E-state index >= 15 is 0 Å². The molecule has 0 saturated carbocycles. The zero-order valence-corrected chi connectivity index (χ0v) is 15.9. The van der Waals surface area contributed by atoms with Gasteiger partial charge in [0.05, 0.1) is 13.2 Å². The summed E-state index contributed by atoms with van der Waals surface area (Å²) in [4.78, 5) is 2.51. The van der Waals surface area contributed by atoms with E-state index < -0.39 is 0 Å². The fraction of sp³-hybridized carbons (Fsp3) is 0.850. The summed E-state index contributed by atoms with van der Waals surface area (Å²) in [5.41, 5.74) is 5.01. The molecule has 0 bridgehead atoms. The summed E-state index contributed by atoms with van der Waals surface area (Å²) in [7, 11) is 0. The number of rotatable bonds is 11. The summed E-state index contributed by atoms with van der Waals surface area (Å²) in [6, 6.07) is 0. The first-order valence-electron chi connectivity index (χ1n) is 9.54. The molecule has 3 heteroatoms. The minimum absolute atomic E-state index is 0.270. The van der Waals surface area contributed by atoms with Crippen LogP contribution in [-0.2, 0) is 4.74 Å². The second-order valence-corrected chi connectivity index (χ2v) is 7.09. The van der Waals surface area contributed by atoms with Crippen LogP contribution in [0, 0.1) is 5.41 Å². The lowest BCUT2D eigenvalue weighted by atomic mass is 9.80. The van der Waals surface area contributed by atoms with Crippen molar-refractivity contribution in [1.82, 2.24) is 10.2 Å². The van der Waals surface area contributed by atoms with Crippen molar-refractivity contribution in [3.63, 3.8) is 0 Å². The number of nitrogens with zero attached hydrogens (tertiary/aromatic N) is 1. The van der Waals surface area contributed by atoms with Gasteiger partial charge in [-0.1, -0.05) is 26.7 Å². The van der Waals surface area contributed by atoms with E-state index in [0.29, 0.717) is 0 Å². The van der Waals surface area contributed by atoms with Crippen LogP contribution in [0.3, 0.4) is 0 Å². The van der Waals surface area contributed by atoms with Gasteiger partial charge in [-0.3, -0.25) is 4.90 Å². The van der Waals surface area contributed by atoms with Crippen molar-refractivity contribution in [1.29, 1.82) is 0 Å². The van der Waals surface area contributed by atoms with Crippen molar-refractivity contribution < 1.29 is 4.74 Å². The Bertz CT molecular complexity index is 364. The van der Waals surface area contributed by atoms with E-state index in [0.717, 1.165) is 39.4 Å². The second-order valence-electron chi connectivity index (χ2n) is 7.09. The number of hydrogen-bond acceptors (Lipinski definition) is 3. The van der Waals surface area contributed by atoms with Gasteiger partial charge >= 0.3 is 0 Å². The molecule has 23 heavy (non-hydrogen) atoms. The van der Waals surface area contributed by atoms with Gasteiger partial charge in [0.2, 0.25) is 0 Å². The quantitative estimate of drug-likeness (QED) is 0.459. The third-order valence-corrected chi connectivity index (χ3v) is 4.81. The fourth-order valence-corrected chi connectivity index (χ4v) is 3.03. The van der Waals surface area contributed by atoms with E-state index in [1.165, 1.54) is 44.2 Å². The van der Waals surface area contributed by atoms with Gasteiger partial charge in [0.1, 0.15) is 0 Å². The van der Waals surface area contributed by atoms with Crippen molar-refractivity contribution >= 4 is 0 Å². The van der Waals surface area contributed by atoms with Gasteiger partial charge < -0.3 is 10.1 Å². The molecule has 134 valence electrons. The predicted molar refractivity (Wildman–Crippen MR) is 99.9 cm³/mol. The molecule has 0 amide bonds. The van der Waals surface area contributed by atoms with Gasteiger partial charge in [-0.15, -0.1) is 5.73 Å². The molecule has 1 rings (SSSR count). The Labute approximate surface area is 144 Å². The first kappa shape index (κ1) is 20.4. The number of morpholine rings is 1. The topological polar surface area (TPSA) is 24.5 Å². The Kier molecular flexibility index (Phi) is 10.5. The van der Waals surface area contributed by atoms with Crippen molar-refractivity contribution in [2.45, 2.75) is 59.8 Å². The molecule has 0 unspecified atom stereocenters. The number of hydrogen-bond donors (Lipinski definition) is 1. The van der Waals surface area contributed by atoms with Crippen LogP contribution in [0.2, 0.25) is 0 Å². The highest BCUT2D eigenvalue weighted by molar-refractivity contribution is 5.04. The monoisotopic (exact) mass is 322 g/mol. The van der Waals surface area contributed by atoms with Gasteiger partial charge in [0, 0.05) is 25.0 Å². The molecule has 0 aromatic rings. The van der Waals surface area contributed by atoms with Gasteiger partial charge in [-0.2, -0.15) is 0 Å². The van der Waals surface area contributed by atoms with Gasteiger partial charge in [-0.25, -0.2) is 0 Å². The maximum atomic E-state index is 5.40. The third-order valence-electron chi connectivity index (χ3n) is 4.81. The van der Waals surface area contributed by atoms with E-state index in [-0.39, 0.29) is 5.41 Å². The lowest BCUT2D eigenvalue weighted by Crippen LogP contribution is -2.38. The molecule has 1 aliphatic rings. The minimum atomic E-state index is 0.270. The molecule has 0 aliphatic carbocycles. The Morgan fingerprint density at radius 1 is 1.22 bits per heavy atom.